The van der Waals surface area contributed by atoms with Gasteiger partial charge in [0.2, 0.25) is 5.91 Å². The quantitative estimate of drug-likeness (QED) is 0.650. The van der Waals surface area contributed by atoms with Gasteiger partial charge < -0.3 is 11.1 Å². The first-order valence-corrected chi connectivity index (χ1v) is 7.61. The predicted octanol–water partition coefficient (Wildman–Crippen LogP) is 2.70. The van der Waals surface area contributed by atoms with E-state index in [2.05, 4.69) is 36.3 Å². The van der Waals surface area contributed by atoms with Crippen LogP contribution in [0.1, 0.15) is 52.1 Å². The van der Waals surface area contributed by atoms with Crippen molar-refractivity contribution >= 4 is 11.7 Å². The number of rotatable bonds is 9. The van der Waals surface area contributed by atoms with Crippen molar-refractivity contribution < 1.29 is 4.79 Å². The summed E-state index contributed by atoms with van der Waals surface area (Å²) in [6, 6.07) is 1.90. The van der Waals surface area contributed by atoms with Crippen LogP contribution in [-0.4, -0.2) is 22.6 Å². The molecule has 0 fully saturated rings. The molecule has 1 rings (SSSR count). The van der Waals surface area contributed by atoms with E-state index in [-0.39, 0.29) is 5.91 Å². The summed E-state index contributed by atoms with van der Waals surface area (Å²) in [4.78, 5) is 11.9. The van der Waals surface area contributed by atoms with Crippen molar-refractivity contribution in [3.05, 3.63) is 11.8 Å². The Labute approximate surface area is 121 Å². The highest BCUT2D eigenvalue weighted by Gasteiger charge is 2.15. The van der Waals surface area contributed by atoms with Crippen LogP contribution in [0.25, 0.3) is 0 Å². The maximum atomic E-state index is 11.9. The normalized spacial score (nSPS) is 12.7. The van der Waals surface area contributed by atoms with Gasteiger partial charge in [-0.2, -0.15) is 5.10 Å². The average Bonchev–Trinajstić information content (AvgIpc) is 2.82. The molecule has 4 N–H and O–H groups in total. The van der Waals surface area contributed by atoms with E-state index in [1.807, 2.05) is 6.07 Å². The van der Waals surface area contributed by atoms with Gasteiger partial charge in [0.15, 0.2) is 5.82 Å². The highest BCUT2D eigenvalue weighted by Crippen LogP contribution is 2.20. The van der Waals surface area contributed by atoms with Crippen LogP contribution in [0, 0.1) is 11.8 Å². The summed E-state index contributed by atoms with van der Waals surface area (Å²) in [7, 11) is 0. The molecule has 0 saturated heterocycles. The molecule has 1 aromatic heterocycles. The number of carbonyl (C=O) groups is 1. The van der Waals surface area contributed by atoms with Gasteiger partial charge >= 0.3 is 0 Å². The van der Waals surface area contributed by atoms with Gasteiger partial charge in [-0.05, 0) is 37.6 Å². The van der Waals surface area contributed by atoms with Gasteiger partial charge in [-0.15, -0.1) is 0 Å². The molecule has 5 nitrogen and oxygen atoms in total. The fourth-order valence-electron chi connectivity index (χ4n) is 2.37. The lowest BCUT2D eigenvalue weighted by molar-refractivity contribution is -0.116. The van der Waals surface area contributed by atoms with Crippen LogP contribution in [0.5, 0.6) is 0 Å². The highest BCUT2D eigenvalue weighted by molar-refractivity contribution is 5.89. The Morgan fingerprint density at radius 1 is 1.45 bits per heavy atom. The summed E-state index contributed by atoms with van der Waals surface area (Å²) >= 11 is 0. The van der Waals surface area contributed by atoms with Crippen molar-refractivity contribution in [2.24, 2.45) is 17.6 Å². The third-order valence-corrected chi connectivity index (χ3v) is 3.64. The molecule has 0 aliphatic carbocycles. The summed E-state index contributed by atoms with van der Waals surface area (Å²) in [5.41, 5.74) is 6.67. The van der Waals surface area contributed by atoms with E-state index in [9.17, 15) is 4.79 Å². The summed E-state index contributed by atoms with van der Waals surface area (Å²) in [5, 5.41) is 9.88. The number of hydrogen-bond acceptors (Lipinski definition) is 3. The topological polar surface area (TPSA) is 83.8 Å². The van der Waals surface area contributed by atoms with Crippen LogP contribution in [-0.2, 0) is 11.2 Å². The number of hydrogen-bond donors (Lipinski definition) is 3. The van der Waals surface area contributed by atoms with E-state index in [4.69, 9.17) is 5.73 Å². The van der Waals surface area contributed by atoms with Crippen molar-refractivity contribution in [2.75, 3.05) is 11.9 Å². The van der Waals surface area contributed by atoms with Crippen LogP contribution >= 0.6 is 0 Å². The summed E-state index contributed by atoms with van der Waals surface area (Å²) in [6.07, 6.45) is 4.40. The van der Waals surface area contributed by atoms with Crippen molar-refractivity contribution in [1.29, 1.82) is 0 Å². The summed E-state index contributed by atoms with van der Waals surface area (Å²) < 4.78 is 0. The minimum Gasteiger partial charge on any atom is -0.330 e. The van der Waals surface area contributed by atoms with E-state index >= 15 is 0 Å². The minimum absolute atomic E-state index is 0.0298. The Hall–Kier alpha value is -1.36. The van der Waals surface area contributed by atoms with E-state index < -0.39 is 0 Å². The monoisotopic (exact) mass is 280 g/mol. The number of nitrogens with two attached hydrogens (primary N) is 1. The molecule has 1 atom stereocenters. The molecule has 5 heteroatoms. The van der Waals surface area contributed by atoms with E-state index in [0.717, 1.165) is 31.4 Å². The molecule has 114 valence electrons. The number of nitrogens with zero attached hydrogens (tertiary/aromatic N) is 1. The molecular weight excluding hydrogens is 252 g/mol. The van der Waals surface area contributed by atoms with Crippen LogP contribution < -0.4 is 11.1 Å². The van der Waals surface area contributed by atoms with Crippen LogP contribution in [0.4, 0.5) is 5.82 Å². The molecule has 0 aromatic carbocycles. The first-order valence-electron chi connectivity index (χ1n) is 7.61. The Morgan fingerprint density at radius 3 is 2.80 bits per heavy atom. The molecule has 0 spiro atoms. The molecule has 1 unspecified atom stereocenters. The van der Waals surface area contributed by atoms with Crippen molar-refractivity contribution in [2.45, 2.75) is 52.9 Å². The average molecular weight is 280 g/mol. The second-order valence-corrected chi connectivity index (χ2v) is 5.70. The maximum Gasteiger partial charge on any atom is 0.225 e. The lowest BCUT2D eigenvalue weighted by atomic mass is 9.88. The molecule has 20 heavy (non-hydrogen) atoms. The molecule has 0 radical (unpaired) electrons. The van der Waals surface area contributed by atoms with Gasteiger partial charge in [0, 0.05) is 18.2 Å². The van der Waals surface area contributed by atoms with Crippen LogP contribution in [0.3, 0.4) is 0 Å². The lowest BCUT2D eigenvalue weighted by Crippen LogP contribution is -2.18. The first-order chi connectivity index (χ1) is 9.56. The van der Waals surface area contributed by atoms with Crippen LogP contribution in [0.15, 0.2) is 6.07 Å². The van der Waals surface area contributed by atoms with Crippen molar-refractivity contribution in [1.82, 2.24) is 10.2 Å². The van der Waals surface area contributed by atoms with Gasteiger partial charge in [-0.25, -0.2) is 0 Å². The minimum atomic E-state index is 0.0298. The lowest BCUT2D eigenvalue weighted by Gasteiger charge is -2.19. The number of aromatic nitrogens is 2. The third-order valence-electron chi connectivity index (χ3n) is 3.64. The molecular formula is C15H28N4O. The number of carbonyl (C=O) groups excluding carboxylic acids is 1. The summed E-state index contributed by atoms with van der Waals surface area (Å²) in [5.74, 6) is 1.73. The molecule has 0 bridgehead atoms. The molecule has 0 saturated carbocycles. The fraction of sp³-hybridized carbons (Fsp3) is 0.733. The number of anilines is 1. The third kappa shape index (κ3) is 5.74. The number of amides is 1. The van der Waals surface area contributed by atoms with Gasteiger partial charge in [0.05, 0.1) is 0 Å². The van der Waals surface area contributed by atoms with E-state index in [1.54, 1.807) is 0 Å². The Balaban J connectivity index is 2.38. The van der Waals surface area contributed by atoms with E-state index in [0.29, 0.717) is 30.6 Å². The molecule has 1 aromatic rings. The maximum absolute atomic E-state index is 11.9. The Morgan fingerprint density at radius 2 is 2.20 bits per heavy atom. The molecule has 1 heterocycles. The first kappa shape index (κ1) is 16.7. The van der Waals surface area contributed by atoms with Gasteiger partial charge in [-0.1, -0.05) is 27.2 Å². The zero-order chi connectivity index (χ0) is 15.0. The SMILES string of the molecule is CCCc1cc(NC(=O)CCC(CCN)C(C)C)n[nH]1. The molecule has 0 aliphatic rings. The number of aryl methyl sites for hydroxylation is 1. The zero-order valence-electron chi connectivity index (χ0n) is 12.9. The van der Waals surface area contributed by atoms with Gasteiger partial charge in [0.25, 0.3) is 0 Å². The second kappa shape index (κ2) is 8.74. The Kier molecular flexibility index (Phi) is 7.30. The number of aromatic amines is 1. The van der Waals surface area contributed by atoms with Crippen LogP contribution in [0.2, 0.25) is 0 Å². The van der Waals surface area contributed by atoms with Gasteiger partial charge in [0.1, 0.15) is 0 Å². The summed E-state index contributed by atoms with van der Waals surface area (Å²) in [6.45, 7) is 7.17. The van der Waals surface area contributed by atoms with Gasteiger partial charge in [-0.3, -0.25) is 9.89 Å². The molecule has 0 aliphatic heterocycles. The van der Waals surface area contributed by atoms with Crippen molar-refractivity contribution in [3.8, 4) is 0 Å². The van der Waals surface area contributed by atoms with E-state index in [1.165, 1.54) is 0 Å². The predicted molar refractivity (Wildman–Crippen MR) is 82.4 cm³/mol. The molecule has 1 amide bonds. The second-order valence-electron chi connectivity index (χ2n) is 5.70. The number of H-pyrrole nitrogens is 1. The Bertz CT molecular complexity index is 400. The smallest absolute Gasteiger partial charge is 0.225 e. The fourth-order valence-corrected chi connectivity index (χ4v) is 2.37. The standard InChI is InChI=1S/C15H28N4O/c1-4-5-13-10-14(19-18-13)17-15(20)7-6-12(8-9-16)11(2)3/h10-12H,4-9,16H2,1-3H3,(H2,17,18,19,20). The highest BCUT2D eigenvalue weighted by atomic mass is 16.1. The zero-order valence-corrected chi connectivity index (χ0v) is 12.9. The largest absolute Gasteiger partial charge is 0.330 e. The van der Waals surface area contributed by atoms with Crippen molar-refractivity contribution in [3.63, 3.8) is 0 Å². The number of nitrogens with one attached hydrogen (secondary N) is 2.